The highest BCUT2D eigenvalue weighted by Crippen LogP contribution is 2.42. The van der Waals surface area contributed by atoms with Crippen molar-refractivity contribution in [2.45, 2.75) is 33.8 Å². The van der Waals surface area contributed by atoms with Gasteiger partial charge in [-0.25, -0.2) is 14.0 Å². The van der Waals surface area contributed by atoms with Crippen molar-refractivity contribution < 1.29 is 23.7 Å². The van der Waals surface area contributed by atoms with Gasteiger partial charge in [0.05, 0.1) is 5.56 Å². The highest BCUT2D eigenvalue weighted by Gasteiger charge is 2.25. The highest BCUT2D eigenvalue weighted by atomic mass is 19.3. The molecule has 0 heterocycles. The predicted molar refractivity (Wildman–Crippen MR) is 79.6 cm³/mol. The fourth-order valence-electron chi connectivity index (χ4n) is 2.44. The largest absolute Gasteiger partial charge is 0.488 e. The van der Waals surface area contributed by atoms with Gasteiger partial charge in [0.2, 0.25) is 0 Å². The van der Waals surface area contributed by atoms with Crippen LogP contribution in [0.15, 0.2) is 30.3 Å². The van der Waals surface area contributed by atoms with Crippen molar-refractivity contribution in [3.8, 4) is 11.5 Å². The topological polar surface area (TPSA) is 38.7 Å². The summed E-state index contributed by atoms with van der Waals surface area (Å²) in [4.78, 5) is 4.18. The van der Waals surface area contributed by atoms with Gasteiger partial charge in [0.15, 0.2) is 5.75 Å². The van der Waals surface area contributed by atoms with Gasteiger partial charge in [-0.1, -0.05) is 30.3 Å². The maximum absolute atomic E-state index is 13.3. The molecule has 0 radical (unpaired) electrons. The molecule has 0 saturated carbocycles. The normalized spacial score (nSPS) is 10.9. The van der Waals surface area contributed by atoms with Crippen molar-refractivity contribution in [2.24, 2.45) is 0 Å². The molecule has 5 heteroatoms. The Labute approximate surface area is 128 Å². The molecule has 0 bridgehead atoms. The molecule has 0 aliphatic heterocycles. The van der Waals surface area contributed by atoms with E-state index in [2.05, 4.69) is 4.89 Å². The van der Waals surface area contributed by atoms with E-state index < -0.39 is 6.43 Å². The molecular formula is C17H18F2O3. The first-order valence-corrected chi connectivity index (χ1v) is 6.87. The van der Waals surface area contributed by atoms with E-state index >= 15 is 0 Å². The van der Waals surface area contributed by atoms with Crippen LogP contribution in [0.25, 0.3) is 0 Å². The SMILES string of the molecule is Cc1c(C)c(OO)c(C(F)F)c(C)c1OCc1ccccc1. The highest BCUT2D eigenvalue weighted by molar-refractivity contribution is 5.58. The summed E-state index contributed by atoms with van der Waals surface area (Å²) in [7, 11) is 0. The molecule has 0 aromatic heterocycles. The molecule has 2 rings (SSSR count). The van der Waals surface area contributed by atoms with Crippen molar-refractivity contribution in [1.82, 2.24) is 0 Å². The van der Waals surface area contributed by atoms with Crippen molar-refractivity contribution in [2.75, 3.05) is 0 Å². The van der Waals surface area contributed by atoms with Crippen LogP contribution in [0, 0.1) is 20.8 Å². The second kappa shape index (κ2) is 6.75. The lowest BCUT2D eigenvalue weighted by atomic mass is 9.97. The van der Waals surface area contributed by atoms with Gasteiger partial charge in [0.25, 0.3) is 6.43 Å². The monoisotopic (exact) mass is 308 g/mol. The van der Waals surface area contributed by atoms with Gasteiger partial charge in [0.1, 0.15) is 12.4 Å². The van der Waals surface area contributed by atoms with E-state index in [1.165, 1.54) is 6.92 Å². The van der Waals surface area contributed by atoms with Crippen LogP contribution in [0.1, 0.15) is 34.2 Å². The molecule has 0 spiro atoms. The first-order valence-electron chi connectivity index (χ1n) is 6.87. The van der Waals surface area contributed by atoms with Gasteiger partial charge in [0, 0.05) is 11.1 Å². The second-order valence-corrected chi connectivity index (χ2v) is 5.11. The lowest BCUT2D eigenvalue weighted by molar-refractivity contribution is -0.140. The zero-order chi connectivity index (χ0) is 16.3. The standard InChI is InChI=1S/C17H18F2O3/c1-10-11(2)16(22-20)14(17(18)19)12(3)15(10)21-9-13-7-5-4-6-8-13/h4-8,17,20H,9H2,1-3H3. The first-order chi connectivity index (χ1) is 10.5. The molecule has 0 atom stereocenters. The van der Waals surface area contributed by atoms with Gasteiger partial charge in [-0.3, -0.25) is 0 Å². The molecule has 3 nitrogen and oxygen atoms in total. The summed E-state index contributed by atoms with van der Waals surface area (Å²) in [6.07, 6.45) is -2.76. The van der Waals surface area contributed by atoms with E-state index in [4.69, 9.17) is 9.99 Å². The van der Waals surface area contributed by atoms with Crippen molar-refractivity contribution in [3.05, 3.63) is 58.1 Å². The van der Waals surface area contributed by atoms with E-state index in [0.717, 1.165) is 5.56 Å². The summed E-state index contributed by atoms with van der Waals surface area (Å²) in [6, 6.07) is 9.47. The summed E-state index contributed by atoms with van der Waals surface area (Å²) >= 11 is 0. The molecule has 0 aliphatic rings. The Morgan fingerprint density at radius 3 is 2.09 bits per heavy atom. The van der Waals surface area contributed by atoms with Crippen LogP contribution in [0.4, 0.5) is 8.78 Å². The molecule has 0 saturated heterocycles. The van der Waals surface area contributed by atoms with Crippen LogP contribution in [0.5, 0.6) is 11.5 Å². The average Bonchev–Trinajstić information content (AvgIpc) is 2.51. The van der Waals surface area contributed by atoms with Crippen molar-refractivity contribution in [3.63, 3.8) is 0 Å². The lowest BCUT2D eigenvalue weighted by Crippen LogP contribution is -2.06. The van der Waals surface area contributed by atoms with E-state index in [-0.39, 0.29) is 23.5 Å². The molecule has 118 valence electrons. The molecule has 0 unspecified atom stereocenters. The number of halogens is 2. The van der Waals surface area contributed by atoms with Gasteiger partial charge in [-0.05, 0) is 31.9 Å². The minimum absolute atomic E-state index is 0.197. The Hall–Kier alpha value is -2.14. The average molecular weight is 308 g/mol. The van der Waals surface area contributed by atoms with Crippen LogP contribution in [0.3, 0.4) is 0 Å². The Bertz CT molecular complexity index is 655. The number of hydrogen-bond acceptors (Lipinski definition) is 3. The fourth-order valence-corrected chi connectivity index (χ4v) is 2.44. The number of ether oxygens (including phenoxy) is 1. The Balaban J connectivity index is 2.43. The van der Waals surface area contributed by atoms with Gasteiger partial charge < -0.3 is 9.62 Å². The third-order valence-electron chi connectivity index (χ3n) is 3.77. The predicted octanol–water partition coefficient (Wildman–Crippen LogP) is 4.98. The van der Waals surface area contributed by atoms with E-state index in [0.29, 0.717) is 16.9 Å². The Morgan fingerprint density at radius 2 is 1.55 bits per heavy atom. The number of benzene rings is 2. The van der Waals surface area contributed by atoms with Crippen LogP contribution in [0.2, 0.25) is 0 Å². The molecule has 2 aromatic carbocycles. The smallest absolute Gasteiger partial charge is 0.267 e. The summed E-state index contributed by atoms with van der Waals surface area (Å²) < 4.78 is 32.3. The van der Waals surface area contributed by atoms with E-state index in [1.54, 1.807) is 13.8 Å². The van der Waals surface area contributed by atoms with Crippen LogP contribution in [-0.4, -0.2) is 5.26 Å². The van der Waals surface area contributed by atoms with Gasteiger partial charge in [-0.15, -0.1) is 0 Å². The molecule has 0 amide bonds. The third-order valence-corrected chi connectivity index (χ3v) is 3.77. The molecule has 22 heavy (non-hydrogen) atoms. The molecule has 0 aliphatic carbocycles. The molecule has 1 N–H and O–H groups in total. The third kappa shape index (κ3) is 3.04. The van der Waals surface area contributed by atoms with E-state index in [1.807, 2.05) is 30.3 Å². The number of alkyl halides is 2. The summed E-state index contributed by atoms with van der Waals surface area (Å²) in [6.45, 7) is 5.18. The van der Waals surface area contributed by atoms with Crippen molar-refractivity contribution in [1.29, 1.82) is 0 Å². The number of rotatable bonds is 5. The zero-order valence-electron chi connectivity index (χ0n) is 12.7. The van der Waals surface area contributed by atoms with Crippen molar-refractivity contribution >= 4 is 0 Å². The number of hydrogen-bond donors (Lipinski definition) is 1. The fraction of sp³-hybridized carbons (Fsp3) is 0.294. The van der Waals surface area contributed by atoms with Crippen LogP contribution in [-0.2, 0) is 6.61 Å². The minimum atomic E-state index is -2.76. The zero-order valence-corrected chi connectivity index (χ0v) is 12.7. The summed E-state index contributed by atoms with van der Waals surface area (Å²) in [5, 5.41) is 8.92. The second-order valence-electron chi connectivity index (χ2n) is 5.11. The van der Waals surface area contributed by atoms with Crippen LogP contribution < -0.4 is 9.62 Å². The molecular weight excluding hydrogens is 290 g/mol. The summed E-state index contributed by atoms with van der Waals surface area (Å²) in [5.74, 6) is 0.203. The van der Waals surface area contributed by atoms with Crippen LogP contribution >= 0.6 is 0 Å². The van der Waals surface area contributed by atoms with Gasteiger partial charge in [-0.2, -0.15) is 0 Å². The molecule has 2 aromatic rings. The van der Waals surface area contributed by atoms with E-state index in [9.17, 15) is 8.78 Å². The Morgan fingerprint density at radius 1 is 0.955 bits per heavy atom. The summed E-state index contributed by atoms with van der Waals surface area (Å²) in [5.41, 5.74) is 1.99. The lowest BCUT2D eigenvalue weighted by Gasteiger charge is -2.20. The maximum Gasteiger partial charge on any atom is 0.267 e. The maximum atomic E-state index is 13.3. The molecule has 0 fully saturated rings. The quantitative estimate of drug-likeness (QED) is 0.625. The van der Waals surface area contributed by atoms with Gasteiger partial charge >= 0.3 is 0 Å². The first kappa shape index (κ1) is 16.2. The minimum Gasteiger partial charge on any atom is -0.488 e. The Kier molecular flexibility index (Phi) is 4.98.